The molecule has 3 aromatic rings. The van der Waals surface area contributed by atoms with Gasteiger partial charge in [-0.2, -0.15) is 0 Å². The minimum absolute atomic E-state index is 0.0806. The van der Waals surface area contributed by atoms with Gasteiger partial charge in [0.15, 0.2) is 0 Å². The maximum atomic E-state index is 11.9. The smallest absolute Gasteiger partial charge is 0.321 e. The van der Waals surface area contributed by atoms with E-state index in [1.165, 1.54) is 16.9 Å². The number of hydrogen-bond acceptors (Lipinski definition) is 6. The Balaban J connectivity index is 1.44. The highest BCUT2D eigenvalue weighted by Crippen LogP contribution is 2.17. The number of aryl methyl sites for hydroxylation is 2. The number of benzene rings is 1. The van der Waals surface area contributed by atoms with Gasteiger partial charge in [0.05, 0.1) is 6.10 Å². The zero-order valence-electron chi connectivity index (χ0n) is 14.0. The minimum atomic E-state index is -0.815. The average molecular weight is 369 g/mol. The average Bonchev–Trinajstić information content (AvgIpc) is 3.13. The molecule has 0 saturated carbocycles. The second-order valence-corrected chi connectivity index (χ2v) is 6.69. The summed E-state index contributed by atoms with van der Waals surface area (Å²) in [5.41, 5.74) is 1.88. The molecule has 0 radical (unpaired) electrons. The van der Waals surface area contributed by atoms with Crippen LogP contribution in [0.1, 0.15) is 22.2 Å². The van der Waals surface area contributed by atoms with Crippen molar-refractivity contribution >= 4 is 22.5 Å². The molecule has 0 spiro atoms. The van der Waals surface area contributed by atoms with Crippen LogP contribution < -0.4 is 10.6 Å². The molecule has 1 aromatic carbocycles. The van der Waals surface area contributed by atoms with Gasteiger partial charge < -0.3 is 10.4 Å². The molecule has 2 heterocycles. The number of amides is 2. The molecule has 26 heavy (non-hydrogen) atoms. The third kappa shape index (κ3) is 5.33. The highest BCUT2D eigenvalue weighted by Gasteiger charge is 2.11. The molecule has 0 aliphatic rings. The van der Waals surface area contributed by atoms with E-state index in [9.17, 15) is 9.90 Å². The fourth-order valence-electron chi connectivity index (χ4n) is 2.32. The van der Waals surface area contributed by atoms with Crippen molar-refractivity contribution in [1.82, 2.24) is 20.5 Å². The number of rotatable bonds is 7. The third-order valence-corrected chi connectivity index (χ3v) is 4.58. The lowest BCUT2D eigenvalue weighted by Gasteiger charge is -2.11. The van der Waals surface area contributed by atoms with Gasteiger partial charge in [0.1, 0.15) is 5.01 Å². The van der Waals surface area contributed by atoms with Crippen molar-refractivity contribution in [3.8, 4) is 0 Å². The molecular formula is C18H19N5O2S. The summed E-state index contributed by atoms with van der Waals surface area (Å²) in [6.45, 7) is 0.0806. The highest BCUT2D eigenvalue weighted by molar-refractivity contribution is 7.15. The van der Waals surface area contributed by atoms with Crippen molar-refractivity contribution in [2.45, 2.75) is 18.9 Å². The normalized spacial score (nSPS) is 11.7. The Morgan fingerprint density at radius 3 is 2.73 bits per heavy atom. The number of anilines is 1. The number of carbonyl (C=O) groups is 1. The van der Waals surface area contributed by atoms with Gasteiger partial charge in [-0.25, -0.2) is 4.79 Å². The molecule has 0 aliphatic carbocycles. The Morgan fingerprint density at radius 2 is 1.96 bits per heavy atom. The second-order valence-electron chi connectivity index (χ2n) is 5.62. The molecule has 3 N–H and O–H groups in total. The second kappa shape index (κ2) is 9.02. The van der Waals surface area contributed by atoms with Crippen molar-refractivity contribution < 1.29 is 9.90 Å². The van der Waals surface area contributed by atoms with Gasteiger partial charge >= 0.3 is 6.03 Å². The monoisotopic (exact) mass is 369 g/mol. The van der Waals surface area contributed by atoms with Gasteiger partial charge in [0.25, 0.3) is 0 Å². The van der Waals surface area contributed by atoms with Crippen LogP contribution in [0, 0.1) is 0 Å². The zero-order valence-corrected chi connectivity index (χ0v) is 14.8. The fraction of sp³-hybridized carbons (Fsp3) is 0.222. The van der Waals surface area contributed by atoms with E-state index in [1.54, 1.807) is 24.5 Å². The number of nitrogens with one attached hydrogen (secondary N) is 2. The topological polar surface area (TPSA) is 100 Å². The van der Waals surface area contributed by atoms with E-state index in [1.807, 2.05) is 18.2 Å². The number of urea groups is 1. The Labute approximate surface area is 155 Å². The predicted octanol–water partition coefficient (Wildman–Crippen LogP) is 2.57. The highest BCUT2D eigenvalue weighted by atomic mass is 32.1. The van der Waals surface area contributed by atoms with Crippen LogP contribution in [0.3, 0.4) is 0 Å². The van der Waals surface area contributed by atoms with Crippen LogP contribution in [0.2, 0.25) is 0 Å². The minimum Gasteiger partial charge on any atom is -0.387 e. The summed E-state index contributed by atoms with van der Waals surface area (Å²) in [6, 6.07) is 13.2. The first-order valence-electron chi connectivity index (χ1n) is 8.20. The van der Waals surface area contributed by atoms with Crippen LogP contribution in [0.4, 0.5) is 9.93 Å². The number of hydrogen-bond donors (Lipinski definition) is 3. The molecule has 0 saturated heterocycles. The number of nitrogens with zero attached hydrogens (tertiary/aromatic N) is 3. The van der Waals surface area contributed by atoms with Gasteiger partial charge in [-0.15, -0.1) is 10.2 Å². The lowest BCUT2D eigenvalue weighted by molar-refractivity contribution is 0.174. The zero-order chi connectivity index (χ0) is 18.2. The lowest BCUT2D eigenvalue weighted by atomic mass is 10.1. The molecule has 8 heteroatoms. The molecule has 0 aliphatic heterocycles. The van der Waals surface area contributed by atoms with E-state index in [0.717, 1.165) is 17.8 Å². The quantitative estimate of drug-likeness (QED) is 0.594. The van der Waals surface area contributed by atoms with Gasteiger partial charge in [-0.3, -0.25) is 10.3 Å². The van der Waals surface area contributed by atoms with Crippen molar-refractivity contribution in [2.75, 3.05) is 11.9 Å². The summed E-state index contributed by atoms with van der Waals surface area (Å²) in [7, 11) is 0. The van der Waals surface area contributed by atoms with Gasteiger partial charge in [-0.1, -0.05) is 47.7 Å². The largest absolute Gasteiger partial charge is 0.387 e. The number of aromatic nitrogens is 3. The third-order valence-electron chi connectivity index (χ3n) is 3.68. The molecule has 0 bridgehead atoms. The molecule has 0 fully saturated rings. The summed E-state index contributed by atoms with van der Waals surface area (Å²) in [5, 5.41) is 24.6. The number of aliphatic hydroxyl groups is 1. The van der Waals surface area contributed by atoms with Crippen molar-refractivity contribution in [3.63, 3.8) is 0 Å². The van der Waals surface area contributed by atoms with Gasteiger partial charge in [0, 0.05) is 30.9 Å². The van der Waals surface area contributed by atoms with Crippen LogP contribution >= 0.6 is 11.3 Å². The van der Waals surface area contributed by atoms with Gasteiger partial charge in [0.2, 0.25) is 5.13 Å². The maximum absolute atomic E-state index is 11.9. The first-order valence-corrected chi connectivity index (χ1v) is 9.01. The van der Waals surface area contributed by atoms with Crippen LogP contribution in [-0.2, 0) is 12.8 Å². The summed E-state index contributed by atoms with van der Waals surface area (Å²) in [6.07, 6.45) is 4.02. The van der Waals surface area contributed by atoms with Crippen LogP contribution in [-0.4, -0.2) is 32.9 Å². The van der Waals surface area contributed by atoms with Crippen molar-refractivity contribution in [3.05, 3.63) is 71.0 Å². The number of aliphatic hydroxyl groups excluding tert-OH is 1. The maximum Gasteiger partial charge on any atom is 0.321 e. The first-order chi connectivity index (χ1) is 12.7. The Kier molecular flexibility index (Phi) is 6.24. The van der Waals surface area contributed by atoms with E-state index in [4.69, 9.17) is 0 Å². The number of pyridine rings is 1. The standard InChI is InChI=1S/C18H19N5O2S/c24-15(14-7-4-10-19-11-14)12-20-17(25)21-18-23-22-16(26-18)9-8-13-5-2-1-3-6-13/h1-7,10-11,15,24H,8-9,12H2,(H2,20,21,23,25)/t15-/m0/s1. The van der Waals surface area contributed by atoms with Crippen LogP contribution in [0.25, 0.3) is 0 Å². The van der Waals surface area contributed by atoms with E-state index in [0.29, 0.717) is 10.7 Å². The molecule has 7 nitrogen and oxygen atoms in total. The van der Waals surface area contributed by atoms with Crippen LogP contribution in [0.15, 0.2) is 54.9 Å². The SMILES string of the molecule is O=C(NC[C@H](O)c1cccnc1)Nc1nnc(CCc2ccccc2)s1. The van der Waals surface area contributed by atoms with E-state index >= 15 is 0 Å². The molecule has 134 valence electrons. The summed E-state index contributed by atoms with van der Waals surface area (Å²) in [4.78, 5) is 15.9. The predicted molar refractivity (Wildman–Crippen MR) is 100.0 cm³/mol. The molecule has 2 aromatic heterocycles. The van der Waals surface area contributed by atoms with Gasteiger partial charge in [-0.05, 0) is 18.1 Å². The lowest BCUT2D eigenvalue weighted by Crippen LogP contribution is -2.32. The van der Waals surface area contributed by atoms with Crippen LogP contribution in [0.5, 0.6) is 0 Å². The first kappa shape index (κ1) is 18.0. The fourth-order valence-corrected chi connectivity index (χ4v) is 3.06. The van der Waals surface area contributed by atoms with E-state index < -0.39 is 12.1 Å². The Bertz CT molecular complexity index is 826. The summed E-state index contributed by atoms with van der Waals surface area (Å²) >= 11 is 1.34. The molecule has 3 rings (SSSR count). The molecular weight excluding hydrogens is 350 g/mol. The number of carbonyl (C=O) groups excluding carboxylic acids is 1. The van der Waals surface area contributed by atoms with E-state index in [-0.39, 0.29) is 6.54 Å². The van der Waals surface area contributed by atoms with Crippen molar-refractivity contribution in [1.29, 1.82) is 0 Å². The summed E-state index contributed by atoms with van der Waals surface area (Å²) in [5.74, 6) is 0. The summed E-state index contributed by atoms with van der Waals surface area (Å²) < 4.78 is 0. The Morgan fingerprint density at radius 1 is 1.12 bits per heavy atom. The molecule has 1 atom stereocenters. The molecule has 0 unspecified atom stereocenters. The molecule has 2 amide bonds. The Hall–Kier alpha value is -2.84. The van der Waals surface area contributed by atoms with Crippen molar-refractivity contribution in [2.24, 2.45) is 0 Å². The van der Waals surface area contributed by atoms with E-state index in [2.05, 4.69) is 37.9 Å².